The Morgan fingerprint density at radius 2 is 1.59 bits per heavy atom. The van der Waals surface area contributed by atoms with Crippen LogP contribution < -0.4 is 15.9 Å². The number of imidazole rings is 1. The van der Waals surface area contributed by atoms with Gasteiger partial charge in [-0.1, -0.05) is 67.1 Å². The van der Waals surface area contributed by atoms with Crippen molar-refractivity contribution in [2.75, 3.05) is 23.4 Å². The maximum absolute atomic E-state index is 13.6. The van der Waals surface area contributed by atoms with E-state index in [9.17, 15) is 4.79 Å². The van der Waals surface area contributed by atoms with Gasteiger partial charge < -0.3 is 5.32 Å². The summed E-state index contributed by atoms with van der Waals surface area (Å²) >= 11 is 2.35. The minimum absolute atomic E-state index is 0.106. The summed E-state index contributed by atoms with van der Waals surface area (Å²) in [6.07, 6.45) is 3.41. The van der Waals surface area contributed by atoms with Crippen LogP contribution in [0.25, 0.3) is 11.2 Å². The van der Waals surface area contributed by atoms with Crippen LogP contribution in [-0.4, -0.2) is 35.4 Å². The normalized spacial score (nSPS) is 14.9. The van der Waals surface area contributed by atoms with Gasteiger partial charge in [0, 0.05) is 49.5 Å². The molecule has 0 atom stereocenters. The van der Waals surface area contributed by atoms with Crippen molar-refractivity contribution in [2.24, 2.45) is 7.05 Å². The number of nitrogens with zero attached hydrogens (tertiary/aromatic N) is 6. The second kappa shape index (κ2) is 10.1. The molecule has 0 radical (unpaired) electrons. The molecule has 176 valence electrons. The van der Waals surface area contributed by atoms with Crippen LogP contribution in [0.1, 0.15) is 30.4 Å². The highest BCUT2D eigenvalue weighted by Gasteiger charge is 2.26. The van der Waals surface area contributed by atoms with Crippen molar-refractivity contribution < 1.29 is 0 Å². The van der Waals surface area contributed by atoms with E-state index in [0.717, 1.165) is 43.0 Å². The van der Waals surface area contributed by atoms with E-state index in [4.69, 9.17) is 9.97 Å². The zero-order chi connectivity index (χ0) is 23.5. The number of rotatable bonds is 6. The largest absolute Gasteiger partial charge is 0.351 e. The summed E-state index contributed by atoms with van der Waals surface area (Å²) in [5.74, 6) is 1.28. The van der Waals surface area contributed by atoms with Crippen molar-refractivity contribution in [3.8, 4) is 0 Å². The van der Waals surface area contributed by atoms with Crippen molar-refractivity contribution in [3.05, 3.63) is 82.1 Å². The van der Waals surface area contributed by atoms with Gasteiger partial charge in [0.1, 0.15) is 0 Å². The zero-order valence-corrected chi connectivity index (χ0v) is 21.4. The number of halogens is 1. The molecule has 1 N–H and O–H groups in total. The van der Waals surface area contributed by atoms with Gasteiger partial charge in [-0.05, 0) is 24.0 Å². The molecule has 8 nitrogen and oxygen atoms in total. The highest BCUT2D eigenvalue weighted by molar-refractivity contribution is 14.1. The van der Waals surface area contributed by atoms with Gasteiger partial charge in [0.2, 0.25) is 11.9 Å². The fourth-order valence-corrected chi connectivity index (χ4v) is 5.05. The van der Waals surface area contributed by atoms with Gasteiger partial charge in [-0.3, -0.25) is 18.9 Å². The molecule has 4 aromatic rings. The van der Waals surface area contributed by atoms with Crippen molar-refractivity contribution in [1.29, 1.82) is 0 Å². The van der Waals surface area contributed by atoms with Crippen LogP contribution in [0.2, 0.25) is 0 Å². The molecular formula is C25H28IN7O. The Kier molecular flexibility index (Phi) is 6.82. The molecule has 0 saturated carbocycles. The van der Waals surface area contributed by atoms with E-state index in [1.165, 1.54) is 6.42 Å². The molecule has 1 aliphatic rings. The minimum Gasteiger partial charge on any atom is -0.351 e. The number of nitrogens with one attached hydrogen (secondary N) is 1. The first-order chi connectivity index (χ1) is 16.6. The van der Waals surface area contributed by atoms with E-state index >= 15 is 0 Å². The lowest BCUT2D eigenvalue weighted by Gasteiger charge is -2.29. The first-order valence-electron chi connectivity index (χ1n) is 11.6. The highest BCUT2D eigenvalue weighted by atomic mass is 127. The zero-order valence-electron chi connectivity index (χ0n) is 19.2. The average Bonchev–Trinajstić information content (AvgIpc) is 3.06. The lowest BCUT2D eigenvalue weighted by atomic mass is 10.2. The Labute approximate surface area is 212 Å². The summed E-state index contributed by atoms with van der Waals surface area (Å²) in [5.41, 5.74) is 3.13. The number of benzene rings is 2. The summed E-state index contributed by atoms with van der Waals surface area (Å²) in [6, 6.07) is 20.3. The summed E-state index contributed by atoms with van der Waals surface area (Å²) < 4.78 is 5.80. The van der Waals surface area contributed by atoms with Crippen LogP contribution >= 0.6 is 22.9 Å². The SMILES string of the molecule is Cn1c(NCc2ccccc2)nc2nc(N3CCCCCN3I)n(Cc3ccccc3)c2c1=O. The Balaban J connectivity index is 1.60. The van der Waals surface area contributed by atoms with Crippen molar-refractivity contribution in [2.45, 2.75) is 32.4 Å². The van der Waals surface area contributed by atoms with E-state index < -0.39 is 0 Å². The molecule has 3 heterocycles. The van der Waals surface area contributed by atoms with Gasteiger partial charge in [0.15, 0.2) is 11.2 Å². The number of anilines is 2. The Bertz CT molecular complexity index is 1320. The van der Waals surface area contributed by atoms with Gasteiger partial charge in [-0.25, -0.2) is 0 Å². The Morgan fingerprint density at radius 3 is 2.32 bits per heavy atom. The molecular weight excluding hydrogens is 541 g/mol. The maximum Gasteiger partial charge on any atom is 0.281 e. The average molecular weight is 569 g/mol. The molecule has 0 amide bonds. The predicted octanol–water partition coefficient (Wildman–Crippen LogP) is 4.35. The van der Waals surface area contributed by atoms with Gasteiger partial charge in [0.05, 0.1) is 6.54 Å². The second-order valence-electron chi connectivity index (χ2n) is 8.54. The molecule has 5 rings (SSSR count). The van der Waals surface area contributed by atoms with Crippen molar-refractivity contribution in [3.63, 3.8) is 0 Å². The van der Waals surface area contributed by atoms with E-state index in [0.29, 0.717) is 30.2 Å². The molecule has 34 heavy (non-hydrogen) atoms. The van der Waals surface area contributed by atoms with Gasteiger partial charge in [-0.2, -0.15) is 13.2 Å². The van der Waals surface area contributed by atoms with Gasteiger partial charge in [0.25, 0.3) is 5.56 Å². The summed E-state index contributed by atoms with van der Waals surface area (Å²) in [4.78, 5) is 23.3. The van der Waals surface area contributed by atoms with Crippen molar-refractivity contribution in [1.82, 2.24) is 22.3 Å². The first kappa shape index (κ1) is 22.9. The molecule has 9 heteroatoms. The third-order valence-electron chi connectivity index (χ3n) is 6.15. The van der Waals surface area contributed by atoms with Gasteiger partial charge >= 0.3 is 0 Å². The molecule has 2 aromatic carbocycles. The summed E-state index contributed by atoms with van der Waals surface area (Å²) in [5, 5.41) is 5.51. The topological polar surface area (TPSA) is 71.2 Å². The quantitative estimate of drug-likeness (QED) is 0.275. The molecule has 1 aliphatic heterocycles. The highest BCUT2D eigenvalue weighted by Crippen LogP contribution is 2.27. The number of fused-ring (bicyclic) bond motifs is 1. The smallest absolute Gasteiger partial charge is 0.281 e. The number of hydrogen-bond donors (Lipinski definition) is 1. The van der Waals surface area contributed by atoms with Crippen LogP contribution in [0, 0.1) is 0 Å². The Hall–Kier alpha value is -2.92. The lowest BCUT2D eigenvalue weighted by molar-refractivity contribution is 0.474. The third kappa shape index (κ3) is 4.67. The van der Waals surface area contributed by atoms with E-state index in [1.54, 1.807) is 11.6 Å². The molecule has 1 fully saturated rings. The van der Waals surface area contributed by atoms with E-state index in [-0.39, 0.29) is 5.56 Å². The Morgan fingerprint density at radius 1 is 0.912 bits per heavy atom. The molecule has 2 aromatic heterocycles. The van der Waals surface area contributed by atoms with E-state index in [2.05, 4.69) is 48.5 Å². The van der Waals surface area contributed by atoms with Crippen LogP contribution in [0.4, 0.5) is 11.9 Å². The number of hydrogen-bond acceptors (Lipinski definition) is 6. The van der Waals surface area contributed by atoms with Crippen LogP contribution in [0.3, 0.4) is 0 Å². The molecule has 0 spiro atoms. The molecule has 0 unspecified atom stereocenters. The molecule has 0 aliphatic carbocycles. The van der Waals surface area contributed by atoms with Gasteiger partial charge in [-0.15, -0.1) is 0 Å². The fraction of sp³-hybridized carbons (Fsp3) is 0.320. The van der Waals surface area contributed by atoms with Crippen LogP contribution in [0.15, 0.2) is 65.5 Å². The molecule has 1 saturated heterocycles. The lowest BCUT2D eigenvalue weighted by Crippen LogP contribution is -2.37. The summed E-state index contributed by atoms with van der Waals surface area (Å²) in [7, 11) is 1.76. The molecule has 0 bridgehead atoms. The maximum atomic E-state index is 13.6. The predicted molar refractivity (Wildman–Crippen MR) is 144 cm³/mol. The first-order valence-corrected chi connectivity index (χ1v) is 12.6. The van der Waals surface area contributed by atoms with Crippen molar-refractivity contribution >= 4 is 45.9 Å². The second-order valence-corrected chi connectivity index (χ2v) is 9.65. The number of aromatic nitrogens is 4. The fourth-order valence-electron chi connectivity index (χ4n) is 4.30. The minimum atomic E-state index is -0.106. The van der Waals surface area contributed by atoms with Crippen LogP contribution in [-0.2, 0) is 20.1 Å². The van der Waals surface area contributed by atoms with E-state index in [1.807, 2.05) is 53.1 Å². The standard InChI is InChI=1S/C25H28IN7O/c1-30-23(34)21-22(28-24(30)27-17-19-11-5-2-6-12-19)29-25(32-15-9-4-10-16-33(32)26)31(21)18-20-13-7-3-8-14-20/h2-3,5-8,11-14H,4,9-10,15-18H2,1H3,(H,27,28). The monoisotopic (exact) mass is 569 g/mol. The van der Waals surface area contributed by atoms with Crippen LogP contribution in [0.5, 0.6) is 0 Å². The number of hydrazine groups is 1. The third-order valence-corrected chi connectivity index (χ3v) is 7.15. The summed E-state index contributed by atoms with van der Waals surface area (Å²) in [6.45, 7) is 2.95.